The molecule has 0 radical (unpaired) electrons. The minimum absolute atomic E-state index is 0.0598. The van der Waals surface area contributed by atoms with E-state index in [9.17, 15) is 4.79 Å². The Balaban J connectivity index is 3.04. The summed E-state index contributed by atoms with van der Waals surface area (Å²) in [6.45, 7) is 6.83. The van der Waals surface area contributed by atoms with E-state index in [1.807, 2.05) is 37.3 Å². The topological polar surface area (TPSA) is 44.1 Å². The molecule has 3 nitrogen and oxygen atoms in total. The molecular formula is C16H22N2O. The molecule has 0 heterocycles. The number of carbonyl (C=O) groups is 1. The van der Waals surface area contributed by atoms with Crippen LogP contribution in [-0.2, 0) is 4.79 Å². The Morgan fingerprint density at radius 2 is 1.95 bits per heavy atom. The molecule has 0 N–H and O–H groups in total. The summed E-state index contributed by atoms with van der Waals surface area (Å²) >= 11 is 0. The Hall–Kier alpha value is -1.82. The minimum Gasteiger partial charge on any atom is -0.329 e. The van der Waals surface area contributed by atoms with Crippen molar-refractivity contribution in [2.24, 2.45) is 5.92 Å². The zero-order valence-electron chi connectivity index (χ0n) is 12.0. The molecule has 1 amide bonds. The molecule has 1 rings (SSSR count). The Morgan fingerprint density at radius 3 is 2.42 bits per heavy atom. The molecule has 19 heavy (non-hydrogen) atoms. The first-order chi connectivity index (χ1) is 9.15. The summed E-state index contributed by atoms with van der Waals surface area (Å²) in [5.41, 5.74) is 1.04. The highest BCUT2D eigenvalue weighted by Gasteiger charge is 2.29. The first-order valence-corrected chi connectivity index (χ1v) is 6.86. The maximum absolute atomic E-state index is 12.6. The summed E-state index contributed by atoms with van der Waals surface area (Å²) < 4.78 is 0. The molecule has 0 aliphatic heterocycles. The second-order valence-electron chi connectivity index (χ2n) is 4.78. The maximum atomic E-state index is 12.6. The van der Waals surface area contributed by atoms with E-state index in [-0.39, 0.29) is 24.3 Å². The van der Waals surface area contributed by atoms with Crippen molar-refractivity contribution >= 4 is 5.91 Å². The predicted octanol–water partition coefficient (Wildman–Crippen LogP) is 3.19. The van der Waals surface area contributed by atoms with Gasteiger partial charge in [0, 0.05) is 6.54 Å². The van der Waals surface area contributed by atoms with Crippen molar-refractivity contribution in [2.75, 3.05) is 13.1 Å². The van der Waals surface area contributed by atoms with Gasteiger partial charge in [-0.1, -0.05) is 50.6 Å². The van der Waals surface area contributed by atoms with Gasteiger partial charge in [-0.15, -0.1) is 0 Å². The number of carbonyl (C=O) groups excluding carboxylic acids is 1. The van der Waals surface area contributed by atoms with Gasteiger partial charge in [0.2, 0.25) is 5.91 Å². The summed E-state index contributed by atoms with van der Waals surface area (Å²) in [5.74, 6) is 0.173. The van der Waals surface area contributed by atoms with E-state index in [0.29, 0.717) is 6.54 Å². The van der Waals surface area contributed by atoms with Gasteiger partial charge in [-0.2, -0.15) is 5.26 Å². The van der Waals surface area contributed by atoms with E-state index in [4.69, 9.17) is 5.26 Å². The quantitative estimate of drug-likeness (QED) is 0.735. The second-order valence-corrected chi connectivity index (χ2v) is 4.78. The van der Waals surface area contributed by atoms with Crippen LogP contribution in [0.25, 0.3) is 0 Å². The van der Waals surface area contributed by atoms with E-state index in [0.717, 1.165) is 12.0 Å². The number of amides is 1. The maximum Gasteiger partial charge on any atom is 0.231 e. The lowest BCUT2D eigenvalue weighted by Gasteiger charge is -2.28. The van der Waals surface area contributed by atoms with Gasteiger partial charge >= 0.3 is 0 Å². The molecule has 0 fully saturated rings. The van der Waals surface area contributed by atoms with Crippen LogP contribution in [0.3, 0.4) is 0 Å². The van der Waals surface area contributed by atoms with Crippen molar-refractivity contribution in [1.82, 2.24) is 4.90 Å². The van der Waals surface area contributed by atoms with Crippen LogP contribution in [0, 0.1) is 17.2 Å². The average Bonchev–Trinajstić information content (AvgIpc) is 2.45. The Labute approximate surface area is 115 Å². The third-order valence-electron chi connectivity index (χ3n) is 3.59. The Morgan fingerprint density at radius 1 is 1.32 bits per heavy atom. The SMILES string of the molecule is CCC(C)C(C(=O)N(CC)CC#N)c1ccccc1. The largest absolute Gasteiger partial charge is 0.329 e. The van der Waals surface area contributed by atoms with Crippen molar-refractivity contribution in [3.63, 3.8) is 0 Å². The lowest BCUT2D eigenvalue weighted by Crippen LogP contribution is -2.37. The van der Waals surface area contributed by atoms with Crippen LogP contribution in [0.4, 0.5) is 0 Å². The second kappa shape index (κ2) is 7.58. The van der Waals surface area contributed by atoms with Crippen molar-refractivity contribution in [3.8, 4) is 6.07 Å². The van der Waals surface area contributed by atoms with Gasteiger partial charge in [0.05, 0.1) is 12.0 Å². The van der Waals surface area contributed by atoms with E-state index in [1.165, 1.54) is 0 Å². The van der Waals surface area contributed by atoms with Gasteiger partial charge < -0.3 is 4.90 Å². The van der Waals surface area contributed by atoms with E-state index >= 15 is 0 Å². The number of hydrogen-bond donors (Lipinski definition) is 0. The van der Waals surface area contributed by atoms with Crippen LogP contribution in [0.1, 0.15) is 38.7 Å². The van der Waals surface area contributed by atoms with Gasteiger partial charge in [-0.05, 0) is 18.4 Å². The van der Waals surface area contributed by atoms with Crippen LogP contribution in [0.2, 0.25) is 0 Å². The summed E-state index contributed by atoms with van der Waals surface area (Å²) in [5, 5.41) is 8.82. The molecule has 0 saturated heterocycles. The molecule has 2 atom stereocenters. The molecular weight excluding hydrogens is 236 g/mol. The molecule has 0 saturated carbocycles. The highest BCUT2D eigenvalue weighted by Crippen LogP contribution is 2.28. The van der Waals surface area contributed by atoms with Crippen molar-refractivity contribution in [1.29, 1.82) is 5.26 Å². The molecule has 0 bridgehead atoms. The van der Waals surface area contributed by atoms with Crippen molar-refractivity contribution in [2.45, 2.75) is 33.1 Å². The fraction of sp³-hybridized carbons (Fsp3) is 0.500. The molecule has 0 aromatic heterocycles. The summed E-state index contributed by atoms with van der Waals surface area (Å²) in [6.07, 6.45) is 0.940. The number of likely N-dealkylation sites (N-methyl/N-ethyl adjacent to an activating group) is 1. The first-order valence-electron chi connectivity index (χ1n) is 6.86. The van der Waals surface area contributed by atoms with Crippen LogP contribution in [0.5, 0.6) is 0 Å². The lowest BCUT2D eigenvalue weighted by atomic mass is 9.84. The standard InChI is InChI=1S/C16H22N2O/c1-4-13(3)15(14-9-7-6-8-10-14)16(19)18(5-2)12-11-17/h6-10,13,15H,4-5,12H2,1-3H3. The monoisotopic (exact) mass is 258 g/mol. The Kier molecular flexibility index (Phi) is 6.08. The normalized spacial score (nSPS) is 13.4. The molecule has 3 heteroatoms. The minimum atomic E-state index is -0.153. The predicted molar refractivity (Wildman–Crippen MR) is 76.5 cm³/mol. The number of rotatable bonds is 6. The summed E-state index contributed by atoms with van der Waals surface area (Å²) in [6, 6.07) is 11.9. The molecule has 1 aromatic carbocycles. The van der Waals surface area contributed by atoms with Crippen LogP contribution in [-0.4, -0.2) is 23.9 Å². The number of nitrogens with zero attached hydrogens (tertiary/aromatic N) is 2. The molecule has 0 spiro atoms. The smallest absolute Gasteiger partial charge is 0.231 e. The zero-order chi connectivity index (χ0) is 14.3. The highest BCUT2D eigenvalue weighted by molar-refractivity contribution is 5.84. The van der Waals surface area contributed by atoms with Gasteiger partial charge in [0.1, 0.15) is 6.54 Å². The average molecular weight is 258 g/mol. The first kappa shape index (κ1) is 15.2. The van der Waals surface area contributed by atoms with Gasteiger partial charge in [0.15, 0.2) is 0 Å². The van der Waals surface area contributed by atoms with E-state index < -0.39 is 0 Å². The molecule has 1 aromatic rings. The van der Waals surface area contributed by atoms with Gasteiger partial charge in [-0.3, -0.25) is 4.79 Å². The number of nitriles is 1. The van der Waals surface area contributed by atoms with Crippen LogP contribution in [0.15, 0.2) is 30.3 Å². The molecule has 2 unspecified atom stereocenters. The lowest BCUT2D eigenvalue weighted by molar-refractivity contribution is -0.133. The van der Waals surface area contributed by atoms with E-state index in [2.05, 4.69) is 19.9 Å². The van der Waals surface area contributed by atoms with Crippen molar-refractivity contribution < 1.29 is 4.79 Å². The van der Waals surface area contributed by atoms with Gasteiger partial charge in [0.25, 0.3) is 0 Å². The van der Waals surface area contributed by atoms with Crippen LogP contribution >= 0.6 is 0 Å². The fourth-order valence-electron chi connectivity index (χ4n) is 2.24. The molecule has 0 aliphatic carbocycles. The molecule has 0 aliphatic rings. The fourth-order valence-corrected chi connectivity index (χ4v) is 2.24. The summed E-state index contributed by atoms with van der Waals surface area (Å²) in [7, 11) is 0. The number of benzene rings is 1. The third kappa shape index (κ3) is 3.82. The Bertz CT molecular complexity index is 436. The zero-order valence-corrected chi connectivity index (χ0v) is 12.0. The highest BCUT2D eigenvalue weighted by atomic mass is 16.2. The summed E-state index contributed by atoms with van der Waals surface area (Å²) in [4.78, 5) is 14.3. The number of hydrogen-bond acceptors (Lipinski definition) is 2. The van der Waals surface area contributed by atoms with Crippen molar-refractivity contribution in [3.05, 3.63) is 35.9 Å². The van der Waals surface area contributed by atoms with Crippen LogP contribution < -0.4 is 0 Å². The van der Waals surface area contributed by atoms with E-state index in [1.54, 1.807) is 4.90 Å². The van der Waals surface area contributed by atoms with Gasteiger partial charge in [-0.25, -0.2) is 0 Å². The third-order valence-corrected chi connectivity index (χ3v) is 3.59. The molecule has 102 valence electrons.